The number of benzene rings is 1. The van der Waals surface area contributed by atoms with E-state index >= 15 is 0 Å². The standard InChI is InChI=1S/C16H22N2O2/c1-12-10-13(6-5-9-17)7-8-14(12)18-15(19)11-16(2,3)20-4/h7-8,10H,9,11,17H2,1-4H3,(H,18,19). The molecule has 0 unspecified atom stereocenters. The van der Waals surface area contributed by atoms with Gasteiger partial charge in [0.05, 0.1) is 18.6 Å². The van der Waals surface area contributed by atoms with Crippen LogP contribution in [0.2, 0.25) is 0 Å². The lowest BCUT2D eigenvalue weighted by Gasteiger charge is -2.22. The summed E-state index contributed by atoms with van der Waals surface area (Å²) in [6.45, 7) is 6.03. The molecule has 0 aromatic heterocycles. The molecule has 0 spiro atoms. The molecule has 0 saturated carbocycles. The molecule has 1 rings (SSSR count). The van der Waals surface area contributed by atoms with Crippen molar-refractivity contribution in [2.45, 2.75) is 32.8 Å². The van der Waals surface area contributed by atoms with Crippen molar-refractivity contribution in [2.75, 3.05) is 19.0 Å². The Hall–Kier alpha value is -1.83. The molecule has 0 saturated heterocycles. The highest BCUT2D eigenvalue weighted by Gasteiger charge is 2.21. The minimum atomic E-state index is -0.468. The molecule has 108 valence electrons. The molecule has 20 heavy (non-hydrogen) atoms. The van der Waals surface area contributed by atoms with Gasteiger partial charge in [0.15, 0.2) is 0 Å². The lowest BCUT2D eigenvalue weighted by atomic mass is 10.0. The van der Waals surface area contributed by atoms with Gasteiger partial charge in [-0.15, -0.1) is 0 Å². The molecule has 0 aliphatic heterocycles. The monoisotopic (exact) mass is 274 g/mol. The summed E-state index contributed by atoms with van der Waals surface area (Å²) in [5.74, 6) is 5.70. The second kappa shape index (κ2) is 7.09. The predicted molar refractivity (Wildman–Crippen MR) is 81.4 cm³/mol. The van der Waals surface area contributed by atoms with Crippen molar-refractivity contribution in [1.82, 2.24) is 0 Å². The van der Waals surface area contributed by atoms with Crippen LogP contribution >= 0.6 is 0 Å². The Labute approximate surface area is 120 Å². The van der Waals surface area contributed by atoms with Crippen LogP contribution < -0.4 is 11.1 Å². The number of nitrogens with one attached hydrogen (secondary N) is 1. The zero-order valence-corrected chi connectivity index (χ0v) is 12.5. The van der Waals surface area contributed by atoms with Gasteiger partial charge in [-0.1, -0.05) is 11.8 Å². The molecule has 1 amide bonds. The molecule has 1 aromatic carbocycles. The van der Waals surface area contributed by atoms with E-state index < -0.39 is 5.60 Å². The summed E-state index contributed by atoms with van der Waals surface area (Å²) < 4.78 is 5.25. The van der Waals surface area contributed by atoms with Crippen molar-refractivity contribution in [1.29, 1.82) is 0 Å². The average Bonchev–Trinajstić information content (AvgIpc) is 2.38. The highest BCUT2D eigenvalue weighted by Crippen LogP contribution is 2.19. The minimum absolute atomic E-state index is 0.0688. The molecule has 0 atom stereocenters. The van der Waals surface area contributed by atoms with E-state index in [-0.39, 0.29) is 5.91 Å². The summed E-state index contributed by atoms with van der Waals surface area (Å²) in [5, 5.41) is 2.89. The summed E-state index contributed by atoms with van der Waals surface area (Å²) in [6, 6.07) is 5.65. The largest absolute Gasteiger partial charge is 0.378 e. The van der Waals surface area contributed by atoms with Gasteiger partial charge in [0.1, 0.15) is 0 Å². The molecular formula is C16H22N2O2. The molecule has 0 fully saturated rings. The third kappa shape index (κ3) is 5.04. The number of carbonyl (C=O) groups excluding carboxylic acids is 1. The number of rotatable bonds is 4. The van der Waals surface area contributed by atoms with Crippen LogP contribution in [-0.2, 0) is 9.53 Å². The summed E-state index contributed by atoms with van der Waals surface area (Å²) in [6.07, 6.45) is 0.303. The fraction of sp³-hybridized carbons (Fsp3) is 0.438. The van der Waals surface area contributed by atoms with Crippen LogP contribution in [0.5, 0.6) is 0 Å². The van der Waals surface area contributed by atoms with Crippen LogP contribution in [0, 0.1) is 18.8 Å². The summed E-state index contributed by atoms with van der Waals surface area (Å²) in [4.78, 5) is 12.0. The van der Waals surface area contributed by atoms with Gasteiger partial charge in [-0.25, -0.2) is 0 Å². The minimum Gasteiger partial charge on any atom is -0.378 e. The number of amides is 1. The number of hydrogen-bond donors (Lipinski definition) is 2. The van der Waals surface area contributed by atoms with E-state index in [4.69, 9.17) is 10.5 Å². The first kappa shape index (κ1) is 16.2. The van der Waals surface area contributed by atoms with Crippen molar-refractivity contribution in [3.05, 3.63) is 29.3 Å². The van der Waals surface area contributed by atoms with Crippen LogP contribution in [0.15, 0.2) is 18.2 Å². The summed E-state index contributed by atoms with van der Waals surface area (Å²) >= 11 is 0. The van der Waals surface area contributed by atoms with E-state index in [0.29, 0.717) is 13.0 Å². The Kier molecular flexibility index (Phi) is 5.75. The number of ether oxygens (including phenoxy) is 1. The zero-order chi connectivity index (χ0) is 15.2. The molecule has 3 N–H and O–H groups in total. The molecule has 0 bridgehead atoms. The fourth-order valence-corrected chi connectivity index (χ4v) is 1.69. The van der Waals surface area contributed by atoms with Crippen LogP contribution in [0.3, 0.4) is 0 Å². The summed E-state index contributed by atoms with van der Waals surface area (Å²) in [7, 11) is 1.60. The molecule has 0 aliphatic carbocycles. The van der Waals surface area contributed by atoms with Gasteiger partial charge in [-0.2, -0.15) is 0 Å². The fourth-order valence-electron chi connectivity index (χ4n) is 1.69. The zero-order valence-electron chi connectivity index (χ0n) is 12.5. The van der Waals surface area contributed by atoms with Crippen LogP contribution in [-0.4, -0.2) is 25.2 Å². The molecule has 4 nitrogen and oxygen atoms in total. The van der Waals surface area contributed by atoms with Crippen LogP contribution in [0.1, 0.15) is 31.4 Å². The van der Waals surface area contributed by atoms with E-state index in [1.54, 1.807) is 7.11 Å². The lowest BCUT2D eigenvalue weighted by Crippen LogP contribution is -2.29. The SMILES string of the molecule is COC(C)(C)CC(=O)Nc1ccc(C#CCN)cc1C. The maximum absolute atomic E-state index is 12.0. The van der Waals surface area contributed by atoms with Crippen LogP contribution in [0.4, 0.5) is 5.69 Å². The maximum atomic E-state index is 12.0. The van der Waals surface area contributed by atoms with E-state index in [0.717, 1.165) is 16.8 Å². The van der Waals surface area contributed by atoms with E-state index in [1.807, 2.05) is 39.0 Å². The predicted octanol–water partition coefficient (Wildman–Crippen LogP) is 2.06. The molecule has 0 heterocycles. The van der Waals surface area contributed by atoms with Gasteiger partial charge in [0.25, 0.3) is 0 Å². The van der Waals surface area contributed by atoms with Crippen molar-refractivity contribution in [3.8, 4) is 11.8 Å². The molecule has 0 radical (unpaired) electrons. The lowest BCUT2D eigenvalue weighted by molar-refractivity contribution is -0.121. The summed E-state index contributed by atoms with van der Waals surface area (Å²) in [5.41, 5.74) is 7.53. The second-order valence-electron chi connectivity index (χ2n) is 5.22. The van der Waals surface area contributed by atoms with E-state index in [9.17, 15) is 4.79 Å². The molecule has 4 heteroatoms. The Morgan fingerprint density at radius 1 is 1.45 bits per heavy atom. The van der Waals surface area contributed by atoms with Crippen molar-refractivity contribution in [2.24, 2.45) is 5.73 Å². The van der Waals surface area contributed by atoms with Gasteiger partial charge < -0.3 is 15.8 Å². The third-order valence-corrected chi connectivity index (χ3v) is 2.97. The highest BCUT2D eigenvalue weighted by molar-refractivity contribution is 5.92. The Balaban J connectivity index is 2.76. The van der Waals surface area contributed by atoms with Gasteiger partial charge >= 0.3 is 0 Å². The Bertz CT molecular complexity index is 539. The highest BCUT2D eigenvalue weighted by atomic mass is 16.5. The number of anilines is 1. The van der Waals surface area contributed by atoms with E-state index in [1.165, 1.54) is 0 Å². The average molecular weight is 274 g/mol. The maximum Gasteiger partial charge on any atom is 0.227 e. The number of aryl methyl sites for hydroxylation is 1. The Morgan fingerprint density at radius 2 is 2.15 bits per heavy atom. The number of hydrogen-bond acceptors (Lipinski definition) is 3. The topological polar surface area (TPSA) is 64.3 Å². The van der Waals surface area contributed by atoms with E-state index in [2.05, 4.69) is 17.2 Å². The van der Waals surface area contributed by atoms with Gasteiger partial charge in [-0.3, -0.25) is 4.79 Å². The molecular weight excluding hydrogens is 252 g/mol. The smallest absolute Gasteiger partial charge is 0.227 e. The van der Waals surface area contributed by atoms with Crippen molar-refractivity contribution >= 4 is 11.6 Å². The Morgan fingerprint density at radius 3 is 2.70 bits per heavy atom. The van der Waals surface area contributed by atoms with Gasteiger partial charge in [0, 0.05) is 18.4 Å². The number of carbonyl (C=O) groups is 1. The number of methoxy groups -OCH3 is 1. The van der Waals surface area contributed by atoms with Crippen molar-refractivity contribution in [3.63, 3.8) is 0 Å². The van der Waals surface area contributed by atoms with Gasteiger partial charge in [-0.05, 0) is 44.5 Å². The normalized spacial score (nSPS) is 10.7. The number of nitrogens with two attached hydrogens (primary N) is 1. The second-order valence-corrected chi connectivity index (χ2v) is 5.22. The molecule has 1 aromatic rings. The van der Waals surface area contributed by atoms with Gasteiger partial charge in [0.2, 0.25) is 5.91 Å². The first-order valence-corrected chi connectivity index (χ1v) is 6.52. The van der Waals surface area contributed by atoms with Crippen molar-refractivity contribution < 1.29 is 9.53 Å². The first-order valence-electron chi connectivity index (χ1n) is 6.52. The molecule has 0 aliphatic rings. The first-order chi connectivity index (χ1) is 9.38. The van der Waals surface area contributed by atoms with Crippen LogP contribution in [0.25, 0.3) is 0 Å². The third-order valence-electron chi connectivity index (χ3n) is 2.97. The quantitative estimate of drug-likeness (QED) is 0.826.